The molecule has 0 radical (unpaired) electrons. The molecule has 0 bridgehead atoms. The maximum Gasteiger partial charge on any atom is 0.307 e. The number of aliphatic carboxylic acids is 1. The van der Waals surface area contributed by atoms with Crippen molar-refractivity contribution >= 4 is 11.9 Å². The highest BCUT2D eigenvalue weighted by Gasteiger charge is 2.42. The molecule has 154 valence electrons. The van der Waals surface area contributed by atoms with Crippen molar-refractivity contribution in [1.29, 1.82) is 0 Å². The fraction of sp³-hybridized carbons (Fsp3) is 0.417. The summed E-state index contributed by atoms with van der Waals surface area (Å²) >= 11 is 0. The highest BCUT2D eigenvalue weighted by molar-refractivity contribution is 5.72. The van der Waals surface area contributed by atoms with Crippen molar-refractivity contribution in [2.75, 3.05) is 7.11 Å². The Hall–Kier alpha value is -2.82. The van der Waals surface area contributed by atoms with Gasteiger partial charge < -0.3 is 14.6 Å². The lowest BCUT2D eigenvalue weighted by molar-refractivity contribution is -0.145. The van der Waals surface area contributed by atoms with Crippen LogP contribution in [0.25, 0.3) is 0 Å². The third-order valence-electron chi connectivity index (χ3n) is 5.97. The molecule has 1 aliphatic carbocycles. The molecule has 0 saturated heterocycles. The van der Waals surface area contributed by atoms with Crippen molar-refractivity contribution in [3.05, 3.63) is 65.2 Å². The minimum absolute atomic E-state index is 0.121. The normalized spacial score (nSPS) is 21.0. The molecule has 0 aliphatic heterocycles. The summed E-state index contributed by atoms with van der Waals surface area (Å²) in [5, 5.41) is 9.74. The lowest BCUT2D eigenvalue weighted by atomic mass is 9.79. The molecule has 1 aliphatic rings. The third kappa shape index (κ3) is 4.97. The van der Waals surface area contributed by atoms with E-state index >= 15 is 0 Å². The molecule has 5 nitrogen and oxygen atoms in total. The number of hydrogen-bond acceptors (Lipinski definition) is 4. The monoisotopic (exact) mass is 396 g/mol. The van der Waals surface area contributed by atoms with Crippen LogP contribution in [0.15, 0.2) is 48.5 Å². The first kappa shape index (κ1) is 20.9. The van der Waals surface area contributed by atoms with Gasteiger partial charge in [0.05, 0.1) is 13.0 Å². The predicted octanol–water partition coefficient (Wildman–Crippen LogP) is 4.72. The Labute approximate surface area is 171 Å². The largest absolute Gasteiger partial charge is 0.496 e. The number of esters is 1. The van der Waals surface area contributed by atoms with Crippen molar-refractivity contribution in [2.45, 2.75) is 45.1 Å². The standard InChI is InChI=1S/C24H28O5/c1-16-19(9-6-10-21(16)28-2)23-18(11-13-20(23)24(26)27)12-14-22(25)29-15-17-7-4-3-5-8-17/h3-10,18,20,23H,11-15H2,1-2H3,(H,26,27)/t18?,20-,23-/m0/s1. The molecular formula is C24H28O5. The van der Waals surface area contributed by atoms with Gasteiger partial charge in [-0.05, 0) is 54.9 Å². The number of benzene rings is 2. The van der Waals surface area contributed by atoms with Gasteiger partial charge in [0, 0.05) is 12.3 Å². The number of ether oxygens (including phenoxy) is 2. The molecule has 0 aromatic heterocycles. The molecule has 1 saturated carbocycles. The van der Waals surface area contributed by atoms with Crippen LogP contribution in [0.5, 0.6) is 5.75 Å². The van der Waals surface area contributed by atoms with Crippen LogP contribution in [0.1, 0.15) is 48.3 Å². The fourth-order valence-corrected chi connectivity index (χ4v) is 4.48. The number of carboxylic acid groups (broad SMARTS) is 1. The number of carbonyl (C=O) groups is 2. The van der Waals surface area contributed by atoms with E-state index in [0.717, 1.165) is 28.9 Å². The van der Waals surface area contributed by atoms with E-state index in [1.165, 1.54) is 0 Å². The molecule has 1 fully saturated rings. The Morgan fingerprint density at radius 2 is 1.83 bits per heavy atom. The van der Waals surface area contributed by atoms with Crippen molar-refractivity contribution in [3.63, 3.8) is 0 Å². The van der Waals surface area contributed by atoms with E-state index in [4.69, 9.17) is 9.47 Å². The van der Waals surface area contributed by atoms with Crippen LogP contribution in [0.4, 0.5) is 0 Å². The van der Waals surface area contributed by atoms with E-state index in [0.29, 0.717) is 19.3 Å². The second-order valence-corrected chi connectivity index (χ2v) is 7.67. The third-order valence-corrected chi connectivity index (χ3v) is 5.97. The number of methoxy groups -OCH3 is 1. The second-order valence-electron chi connectivity index (χ2n) is 7.67. The highest BCUT2D eigenvalue weighted by Crippen LogP contribution is 2.48. The molecule has 2 aromatic rings. The van der Waals surface area contributed by atoms with Gasteiger partial charge in [-0.25, -0.2) is 0 Å². The zero-order valence-corrected chi connectivity index (χ0v) is 17.0. The van der Waals surface area contributed by atoms with Crippen LogP contribution in [0.3, 0.4) is 0 Å². The molecule has 0 heterocycles. The van der Waals surface area contributed by atoms with Crippen molar-refractivity contribution in [2.24, 2.45) is 11.8 Å². The first-order valence-electron chi connectivity index (χ1n) is 10.1. The van der Waals surface area contributed by atoms with E-state index in [1.54, 1.807) is 7.11 Å². The Morgan fingerprint density at radius 3 is 2.52 bits per heavy atom. The Bertz CT molecular complexity index is 846. The number of hydrogen-bond donors (Lipinski definition) is 1. The Kier molecular flexibility index (Phi) is 6.91. The molecule has 0 amide bonds. The predicted molar refractivity (Wildman–Crippen MR) is 110 cm³/mol. The minimum Gasteiger partial charge on any atom is -0.496 e. The molecular weight excluding hydrogens is 368 g/mol. The lowest BCUT2D eigenvalue weighted by Gasteiger charge is -2.25. The lowest BCUT2D eigenvalue weighted by Crippen LogP contribution is -2.22. The first-order valence-corrected chi connectivity index (χ1v) is 10.1. The van der Waals surface area contributed by atoms with Gasteiger partial charge in [-0.1, -0.05) is 42.5 Å². The Balaban J connectivity index is 1.67. The van der Waals surface area contributed by atoms with Crippen molar-refractivity contribution in [3.8, 4) is 5.75 Å². The summed E-state index contributed by atoms with van der Waals surface area (Å²) in [7, 11) is 1.62. The maximum atomic E-state index is 12.2. The number of carboxylic acids is 1. The average molecular weight is 396 g/mol. The van der Waals surface area contributed by atoms with Gasteiger partial charge in [-0.3, -0.25) is 9.59 Å². The first-order chi connectivity index (χ1) is 14.0. The summed E-state index contributed by atoms with van der Waals surface area (Å²) < 4.78 is 10.8. The van der Waals surface area contributed by atoms with Gasteiger partial charge in [-0.2, -0.15) is 0 Å². The quantitative estimate of drug-likeness (QED) is 0.654. The van der Waals surface area contributed by atoms with E-state index in [2.05, 4.69) is 0 Å². The Morgan fingerprint density at radius 1 is 1.07 bits per heavy atom. The molecule has 0 spiro atoms. The van der Waals surface area contributed by atoms with Crippen LogP contribution in [0, 0.1) is 18.8 Å². The molecule has 1 unspecified atom stereocenters. The van der Waals surface area contributed by atoms with Gasteiger partial charge >= 0.3 is 11.9 Å². The summed E-state index contributed by atoms with van der Waals surface area (Å²) in [5.74, 6) is -0.679. The summed E-state index contributed by atoms with van der Waals surface area (Å²) in [6.45, 7) is 2.23. The van der Waals surface area contributed by atoms with Crippen LogP contribution in [-0.2, 0) is 20.9 Å². The van der Waals surface area contributed by atoms with E-state index in [1.807, 2.05) is 55.5 Å². The SMILES string of the molecule is COc1cccc([C@@H]2C(CCC(=O)OCc3ccccc3)CC[C@@H]2C(=O)O)c1C. The van der Waals surface area contributed by atoms with Crippen LogP contribution >= 0.6 is 0 Å². The highest BCUT2D eigenvalue weighted by atomic mass is 16.5. The average Bonchev–Trinajstić information content (AvgIpc) is 3.15. The summed E-state index contributed by atoms with van der Waals surface area (Å²) in [6, 6.07) is 15.4. The minimum atomic E-state index is -0.772. The van der Waals surface area contributed by atoms with E-state index in [9.17, 15) is 14.7 Å². The zero-order valence-electron chi connectivity index (χ0n) is 17.0. The van der Waals surface area contributed by atoms with Crippen molar-refractivity contribution in [1.82, 2.24) is 0 Å². The summed E-state index contributed by atoms with van der Waals surface area (Å²) in [4.78, 5) is 24.1. The topological polar surface area (TPSA) is 72.8 Å². The molecule has 1 N–H and O–H groups in total. The van der Waals surface area contributed by atoms with E-state index < -0.39 is 11.9 Å². The molecule has 2 aromatic carbocycles. The zero-order chi connectivity index (χ0) is 20.8. The molecule has 29 heavy (non-hydrogen) atoms. The smallest absolute Gasteiger partial charge is 0.307 e. The van der Waals surface area contributed by atoms with E-state index in [-0.39, 0.29) is 24.4 Å². The van der Waals surface area contributed by atoms with Gasteiger partial charge in [0.15, 0.2) is 0 Å². The number of carbonyl (C=O) groups excluding carboxylic acids is 1. The molecule has 5 heteroatoms. The summed E-state index contributed by atoms with van der Waals surface area (Å²) in [6.07, 6.45) is 2.34. The van der Waals surface area contributed by atoms with Crippen LogP contribution < -0.4 is 4.74 Å². The van der Waals surface area contributed by atoms with Crippen molar-refractivity contribution < 1.29 is 24.2 Å². The fourth-order valence-electron chi connectivity index (χ4n) is 4.48. The van der Waals surface area contributed by atoms with Gasteiger partial charge in [0.1, 0.15) is 12.4 Å². The number of rotatable bonds is 8. The van der Waals surface area contributed by atoms with Crippen LogP contribution in [0.2, 0.25) is 0 Å². The van der Waals surface area contributed by atoms with Gasteiger partial charge in [0.25, 0.3) is 0 Å². The van der Waals surface area contributed by atoms with Crippen LogP contribution in [-0.4, -0.2) is 24.2 Å². The van der Waals surface area contributed by atoms with Gasteiger partial charge in [-0.15, -0.1) is 0 Å². The molecule has 3 rings (SSSR count). The maximum absolute atomic E-state index is 12.2. The van der Waals surface area contributed by atoms with Gasteiger partial charge in [0.2, 0.25) is 0 Å². The second kappa shape index (κ2) is 9.59. The molecule has 3 atom stereocenters. The summed E-state index contributed by atoms with van der Waals surface area (Å²) in [5.41, 5.74) is 2.94.